The molecule has 1 N–H and O–H groups in total. The Hall–Kier alpha value is -2.00. The maximum Gasteiger partial charge on any atom is 0.161 e. The van der Waals surface area contributed by atoms with Gasteiger partial charge in [-0.05, 0) is 28.8 Å². The molecule has 0 unspecified atom stereocenters. The molecule has 0 aromatic heterocycles. The minimum Gasteiger partial charge on any atom is -0.486 e. The lowest BCUT2D eigenvalue weighted by Crippen LogP contribution is -2.22. The van der Waals surface area contributed by atoms with Crippen molar-refractivity contribution in [3.05, 3.63) is 48.0 Å². The van der Waals surface area contributed by atoms with Crippen molar-refractivity contribution < 1.29 is 9.47 Å². The van der Waals surface area contributed by atoms with E-state index in [0.717, 1.165) is 18.0 Å². The molecule has 0 aliphatic carbocycles. The second-order valence-corrected chi connectivity index (χ2v) is 5.55. The Morgan fingerprint density at radius 2 is 1.76 bits per heavy atom. The first kappa shape index (κ1) is 14.0. The third-order valence-corrected chi connectivity index (χ3v) is 3.57. The van der Waals surface area contributed by atoms with Gasteiger partial charge in [-0.1, -0.05) is 44.2 Å². The van der Waals surface area contributed by atoms with Crippen LogP contribution in [-0.2, 0) is 6.54 Å². The van der Waals surface area contributed by atoms with Gasteiger partial charge < -0.3 is 14.8 Å². The third kappa shape index (κ3) is 3.19. The van der Waals surface area contributed by atoms with E-state index >= 15 is 0 Å². The third-order valence-electron chi connectivity index (χ3n) is 3.57. The highest BCUT2D eigenvalue weighted by Crippen LogP contribution is 2.35. The van der Waals surface area contributed by atoms with Crippen molar-refractivity contribution in [2.24, 2.45) is 0 Å². The van der Waals surface area contributed by atoms with Crippen LogP contribution < -0.4 is 14.8 Å². The topological polar surface area (TPSA) is 30.5 Å². The van der Waals surface area contributed by atoms with Gasteiger partial charge in [0.05, 0.1) is 0 Å². The Labute approximate surface area is 125 Å². The first-order chi connectivity index (χ1) is 10.2. The molecule has 0 bridgehead atoms. The zero-order valence-electron chi connectivity index (χ0n) is 12.6. The number of rotatable bonds is 4. The van der Waals surface area contributed by atoms with Gasteiger partial charge in [0.2, 0.25) is 0 Å². The summed E-state index contributed by atoms with van der Waals surface area (Å²) < 4.78 is 11.3. The average molecular weight is 283 g/mol. The van der Waals surface area contributed by atoms with Crippen LogP contribution in [0.1, 0.15) is 19.4 Å². The van der Waals surface area contributed by atoms with Crippen LogP contribution in [0.25, 0.3) is 11.1 Å². The molecule has 0 fully saturated rings. The van der Waals surface area contributed by atoms with E-state index in [1.807, 2.05) is 6.07 Å². The summed E-state index contributed by atoms with van der Waals surface area (Å²) in [5.41, 5.74) is 3.70. The Morgan fingerprint density at radius 3 is 2.57 bits per heavy atom. The van der Waals surface area contributed by atoms with Crippen LogP contribution in [0, 0.1) is 0 Å². The highest BCUT2D eigenvalue weighted by atomic mass is 16.6. The maximum atomic E-state index is 5.68. The van der Waals surface area contributed by atoms with Crippen molar-refractivity contribution in [1.29, 1.82) is 0 Å². The molecular weight excluding hydrogens is 262 g/mol. The van der Waals surface area contributed by atoms with Crippen molar-refractivity contribution >= 4 is 0 Å². The average Bonchev–Trinajstić information content (AvgIpc) is 2.52. The van der Waals surface area contributed by atoms with Crippen molar-refractivity contribution in [3.63, 3.8) is 0 Å². The Kier molecular flexibility index (Phi) is 4.11. The molecule has 21 heavy (non-hydrogen) atoms. The van der Waals surface area contributed by atoms with Crippen LogP contribution in [0.4, 0.5) is 0 Å². The van der Waals surface area contributed by atoms with Gasteiger partial charge >= 0.3 is 0 Å². The van der Waals surface area contributed by atoms with Gasteiger partial charge in [-0.3, -0.25) is 0 Å². The molecule has 2 aromatic rings. The number of ether oxygens (including phenoxy) is 2. The van der Waals surface area contributed by atoms with E-state index in [1.54, 1.807) is 0 Å². The minimum absolute atomic E-state index is 0.471. The molecule has 0 radical (unpaired) electrons. The van der Waals surface area contributed by atoms with Crippen LogP contribution in [0.5, 0.6) is 11.5 Å². The summed E-state index contributed by atoms with van der Waals surface area (Å²) in [6.45, 7) is 6.43. The van der Waals surface area contributed by atoms with Gasteiger partial charge in [-0.2, -0.15) is 0 Å². The van der Waals surface area contributed by atoms with Gasteiger partial charge in [0, 0.05) is 12.6 Å². The van der Waals surface area contributed by atoms with E-state index in [0.29, 0.717) is 19.3 Å². The molecule has 3 rings (SSSR count). The van der Waals surface area contributed by atoms with Crippen LogP contribution >= 0.6 is 0 Å². The zero-order chi connectivity index (χ0) is 14.7. The molecule has 3 nitrogen and oxygen atoms in total. The molecule has 0 spiro atoms. The van der Waals surface area contributed by atoms with Gasteiger partial charge in [0.25, 0.3) is 0 Å². The van der Waals surface area contributed by atoms with Crippen molar-refractivity contribution in [2.75, 3.05) is 13.2 Å². The molecule has 0 amide bonds. The van der Waals surface area contributed by atoms with E-state index in [-0.39, 0.29) is 0 Å². The van der Waals surface area contributed by atoms with Gasteiger partial charge in [0.1, 0.15) is 13.2 Å². The van der Waals surface area contributed by atoms with E-state index in [1.165, 1.54) is 16.7 Å². The van der Waals surface area contributed by atoms with Gasteiger partial charge in [-0.15, -0.1) is 0 Å². The lowest BCUT2D eigenvalue weighted by molar-refractivity contribution is 0.171. The molecule has 1 aliphatic rings. The van der Waals surface area contributed by atoms with Crippen molar-refractivity contribution in [3.8, 4) is 22.6 Å². The summed E-state index contributed by atoms with van der Waals surface area (Å²) in [5.74, 6) is 1.67. The lowest BCUT2D eigenvalue weighted by atomic mass is 9.99. The highest BCUT2D eigenvalue weighted by Gasteiger charge is 2.13. The summed E-state index contributed by atoms with van der Waals surface area (Å²) in [4.78, 5) is 0. The second-order valence-electron chi connectivity index (χ2n) is 5.55. The number of nitrogens with one attached hydrogen (secondary N) is 1. The lowest BCUT2D eigenvalue weighted by Gasteiger charge is -2.19. The van der Waals surface area contributed by atoms with Crippen molar-refractivity contribution in [1.82, 2.24) is 5.32 Å². The molecule has 1 aliphatic heterocycles. The molecule has 1 heterocycles. The fraction of sp³-hybridized carbons (Fsp3) is 0.333. The second kappa shape index (κ2) is 6.19. The summed E-state index contributed by atoms with van der Waals surface area (Å²) in [5, 5.41) is 3.48. The predicted molar refractivity (Wildman–Crippen MR) is 84.8 cm³/mol. The van der Waals surface area contributed by atoms with Gasteiger partial charge in [0.15, 0.2) is 11.5 Å². The number of benzene rings is 2. The molecular formula is C18H21NO2. The van der Waals surface area contributed by atoms with E-state index in [9.17, 15) is 0 Å². The number of hydrogen-bond donors (Lipinski definition) is 1. The van der Waals surface area contributed by atoms with E-state index in [2.05, 4.69) is 55.6 Å². The predicted octanol–water partition coefficient (Wildman–Crippen LogP) is 3.62. The van der Waals surface area contributed by atoms with E-state index in [4.69, 9.17) is 9.47 Å². The van der Waals surface area contributed by atoms with Crippen molar-refractivity contribution in [2.45, 2.75) is 26.4 Å². The fourth-order valence-electron chi connectivity index (χ4n) is 2.48. The smallest absolute Gasteiger partial charge is 0.161 e. The summed E-state index contributed by atoms with van der Waals surface area (Å²) in [6, 6.07) is 15.1. The summed E-state index contributed by atoms with van der Waals surface area (Å²) in [6.07, 6.45) is 0. The Bertz CT molecular complexity index is 622. The van der Waals surface area contributed by atoms with Gasteiger partial charge in [-0.25, -0.2) is 0 Å². The van der Waals surface area contributed by atoms with Crippen LogP contribution in [-0.4, -0.2) is 19.3 Å². The van der Waals surface area contributed by atoms with Crippen LogP contribution in [0.3, 0.4) is 0 Å². The SMILES string of the molecule is CC(C)NCc1ccccc1-c1ccc2c(c1)OCCO2. The largest absolute Gasteiger partial charge is 0.486 e. The first-order valence-corrected chi connectivity index (χ1v) is 7.45. The normalized spacial score (nSPS) is 13.5. The minimum atomic E-state index is 0.471. The molecule has 0 saturated heterocycles. The summed E-state index contributed by atoms with van der Waals surface area (Å²) in [7, 11) is 0. The maximum absolute atomic E-state index is 5.68. The fourth-order valence-corrected chi connectivity index (χ4v) is 2.48. The van der Waals surface area contributed by atoms with E-state index < -0.39 is 0 Å². The quantitative estimate of drug-likeness (QED) is 0.929. The highest BCUT2D eigenvalue weighted by molar-refractivity contribution is 5.70. The standard InChI is InChI=1S/C18H21NO2/c1-13(2)19-12-15-5-3-4-6-16(15)14-7-8-17-18(11-14)21-10-9-20-17/h3-8,11,13,19H,9-10,12H2,1-2H3. The molecule has 3 heteroatoms. The number of fused-ring (bicyclic) bond motifs is 1. The Balaban J connectivity index is 1.92. The summed E-state index contributed by atoms with van der Waals surface area (Å²) >= 11 is 0. The van der Waals surface area contributed by atoms with Crippen LogP contribution in [0.2, 0.25) is 0 Å². The molecule has 2 aromatic carbocycles. The zero-order valence-corrected chi connectivity index (χ0v) is 12.6. The number of hydrogen-bond acceptors (Lipinski definition) is 3. The Morgan fingerprint density at radius 1 is 1.00 bits per heavy atom. The molecule has 110 valence electrons. The van der Waals surface area contributed by atoms with Crippen LogP contribution in [0.15, 0.2) is 42.5 Å². The monoisotopic (exact) mass is 283 g/mol. The molecule has 0 saturated carbocycles. The first-order valence-electron chi connectivity index (χ1n) is 7.45. The molecule has 0 atom stereocenters.